The van der Waals surface area contributed by atoms with Crippen molar-refractivity contribution in [3.05, 3.63) is 22.0 Å². The quantitative estimate of drug-likeness (QED) is 0.782. The van der Waals surface area contributed by atoms with Crippen molar-refractivity contribution in [2.24, 2.45) is 0 Å². The first-order valence-electron chi connectivity index (χ1n) is 6.32. The Kier molecular flexibility index (Phi) is 2.74. The van der Waals surface area contributed by atoms with Gasteiger partial charge in [-0.2, -0.15) is 0 Å². The van der Waals surface area contributed by atoms with Gasteiger partial charge in [0.05, 0.1) is 5.69 Å². The molecular weight excluding hydrogens is 232 g/mol. The smallest absolute Gasteiger partial charge is 0.194 e. The van der Waals surface area contributed by atoms with Gasteiger partial charge in [0, 0.05) is 10.6 Å². The Balaban J connectivity index is 2.22. The summed E-state index contributed by atoms with van der Waals surface area (Å²) in [6.07, 6.45) is 7.67. The Hall–Kier alpha value is -1.16. The third kappa shape index (κ3) is 1.62. The lowest BCUT2D eigenvalue weighted by atomic mass is 10.0. The summed E-state index contributed by atoms with van der Waals surface area (Å²) in [5, 5.41) is 0. The second kappa shape index (κ2) is 4.26. The Morgan fingerprint density at radius 1 is 1.41 bits per heavy atom. The fourth-order valence-corrected chi connectivity index (χ4v) is 3.88. The molecule has 3 rings (SSSR count). The number of rotatable bonds is 3. The van der Waals surface area contributed by atoms with E-state index in [0.29, 0.717) is 0 Å². The number of carbonyl (C=O) groups is 1. The van der Waals surface area contributed by atoms with E-state index in [-0.39, 0.29) is 0 Å². The molecule has 17 heavy (non-hydrogen) atoms. The van der Waals surface area contributed by atoms with Crippen molar-refractivity contribution in [3.63, 3.8) is 0 Å². The molecule has 0 saturated heterocycles. The fraction of sp³-hybridized carbons (Fsp3) is 0.538. The van der Waals surface area contributed by atoms with Crippen LogP contribution in [-0.4, -0.2) is 15.7 Å². The number of nitrogens with zero attached hydrogens (tertiary/aromatic N) is 2. The molecule has 1 aliphatic carbocycles. The van der Waals surface area contributed by atoms with Crippen LogP contribution in [0.15, 0.2) is 0 Å². The van der Waals surface area contributed by atoms with E-state index >= 15 is 0 Å². The van der Waals surface area contributed by atoms with Crippen molar-refractivity contribution in [3.8, 4) is 0 Å². The van der Waals surface area contributed by atoms with Gasteiger partial charge in [0.25, 0.3) is 0 Å². The highest BCUT2D eigenvalue weighted by Crippen LogP contribution is 2.31. The normalized spacial score (nSPS) is 15.1. The van der Waals surface area contributed by atoms with Gasteiger partial charge in [-0.05, 0) is 32.1 Å². The molecule has 0 N–H and O–H groups in total. The van der Waals surface area contributed by atoms with Gasteiger partial charge in [-0.3, -0.25) is 9.20 Å². The van der Waals surface area contributed by atoms with Crippen molar-refractivity contribution < 1.29 is 4.79 Å². The van der Waals surface area contributed by atoms with Crippen molar-refractivity contribution in [1.82, 2.24) is 9.38 Å². The first-order chi connectivity index (χ1) is 8.35. The molecule has 0 saturated carbocycles. The van der Waals surface area contributed by atoms with E-state index in [2.05, 4.69) is 16.3 Å². The van der Waals surface area contributed by atoms with Gasteiger partial charge < -0.3 is 0 Å². The van der Waals surface area contributed by atoms with Gasteiger partial charge in [0.2, 0.25) is 0 Å². The Bertz CT molecular complexity index is 567. The lowest BCUT2D eigenvalue weighted by molar-refractivity contribution is 0.111. The summed E-state index contributed by atoms with van der Waals surface area (Å²) in [6.45, 7) is 2.12. The minimum atomic E-state index is 0.793. The fourth-order valence-electron chi connectivity index (χ4n) is 2.64. The van der Waals surface area contributed by atoms with Crippen LogP contribution in [0.2, 0.25) is 0 Å². The zero-order valence-electron chi connectivity index (χ0n) is 10.0. The monoisotopic (exact) mass is 248 g/mol. The van der Waals surface area contributed by atoms with Crippen LogP contribution in [0.1, 0.15) is 52.9 Å². The van der Waals surface area contributed by atoms with Crippen LogP contribution in [0.5, 0.6) is 0 Å². The molecule has 4 heteroatoms. The molecule has 0 bridgehead atoms. The van der Waals surface area contributed by atoms with Gasteiger partial charge >= 0.3 is 0 Å². The first-order valence-corrected chi connectivity index (χ1v) is 7.13. The van der Waals surface area contributed by atoms with Crippen LogP contribution >= 0.6 is 11.3 Å². The predicted molar refractivity (Wildman–Crippen MR) is 69.1 cm³/mol. The molecule has 2 aromatic rings. The molecule has 0 unspecified atom stereocenters. The molecule has 0 spiro atoms. The zero-order chi connectivity index (χ0) is 11.8. The SMILES string of the molecule is CCCc1nc2sc3c(n2c1C=O)CCCC3. The lowest BCUT2D eigenvalue weighted by Gasteiger charge is -2.10. The summed E-state index contributed by atoms with van der Waals surface area (Å²) < 4.78 is 2.11. The van der Waals surface area contributed by atoms with E-state index in [1.807, 2.05) is 0 Å². The minimum absolute atomic E-state index is 0.793. The molecule has 0 fully saturated rings. The summed E-state index contributed by atoms with van der Waals surface area (Å²) in [5.41, 5.74) is 3.11. The third-order valence-electron chi connectivity index (χ3n) is 3.43. The molecule has 0 aliphatic heterocycles. The van der Waals surface area contributed by atoms with Crippen molar-refractivity contribution >= 4 is 22.6 Å². The van der Waals surface area contributed by atoms with Gasteiger partial charge in [0.15, 0.2) is 11.2 Å². The largest absolute Gasteiger partial charge is 0.296 e. The highest BCUT2D eigenvalue weighted by Gasteiger charge is 2.21. The van der Waals surface area contributed by atoms with E-state index in [1.165, 1.54) is 23.4 Å². The second-order valence-electron chi connectivity index (χ2n) is 4.61. The number of thiazole rings is 1. The van der Waals surface area contributed by atoms with Crippen molar-refractivity contribution in [2.45, 2.75) is 45.4 Å². The van der Waals surface area contributed by atoms with Gasteiger partial charge in [-0.25, -0.2) is 4.98 Å². The summed E-state index contributed by atoms with van der Waals surface area (Å²) >= 11 is 1.77. The van der Waals surface area contributed by atoms with E-state index in [1.54, 1.807) is 11.3 Å². The second-order valence-corrected chi connectivity index (χ2v) is 5.67. The molecule has 90 valence electrons. The van der Waals surface area contributed by atoms with E-state index in [0.717, 1.165) is 48.3 Å². The number of carbonyl (C=O) groups excluding carboxylic acids is 1. The maximum absolute atomic E-state index is 11.3. The highest BCUT2D eigenvalue weighted by molar-refractivity contribution is 7.17. The van der Waals surface area contributed by atoms with Crippen LogP contribution in [0.25, 0.3) is 4.96 Å². The Labute approximate surface area is 104 Å². The molecule has 0 amide bonds. The summed E-state index contributed by atoms with van der Waals surface area (Å²) in [4.78, 5) is 18.4. The molecule has 2 heterocycles. The predicted octanol–water partition coefficient (Wildman–Crippen LogP) is 3.04. The standard InChI is InChI=1S/C13H16N2OS/c1-2-5-9-11(8-16)15-10-6-3-4-7-12(10)17-13(15)14-9/h8H,2-7H2,1H3. The molecule has 1 aliphatic rings. The van der Waals surface area contributed by atoms with Gasteiger partial charge in [-0.1, -0.05) is 13.3 Å². The number of hydrogen-bond acceptors (Lipinski definition) is 3. The molecule has 0 atom stereocenters. The third-order valence-corrected chi connectivity index (χ3v) is 4.57. The molecular formula is C13H16N2OS. The number of aldehydes is 1. The topological polar surface area (TPSA) is 34.4 Å². The number of fused-ring (bicyclic) bond motifs is 3. The zero-order valence-corrected chi connectivity index (χ0v) is 10.8. The van der Waals surface area contributed by atoms with Crippen LogP contribution in [-0.2, 0) is 19.3 Å². The number of aryl methyl sites for hydroxylation is 3. The maximum atomic E-state index is 11.3. The highest BCUT2D eigenvalue weighted by atomic mass is 32.1. The summed E-state index contributed by atoms with van der Waals surface area (Å²) in [5.74, 6) is 0. The van der Waals surface area contributed by atoms with Crippen molar-refractivity contribution in [2.75, 3.05) is 0 Å². The Morgan fingerprint density at radius 2 is 2.24 bits per heavy atom. The van der Waals surface area contributed by atoms with E-state index in [9.17, 15) is 4.79 Å². The van der Waals surface area contributed by atoms with E-state index < -0.39 is 0 Å². The van der Waals surface area contributed by atoms with Crippen molar-refractivity contribution in [1.29, 1.82) is 0 Å². The molecule has 2 aromatic heterocycles. The summed E-state index contributed by atoms with van der Waals surface area (Å²) in [6, 6.07) is 0. The number of imidazole rings is 1. The molecule has 3 nitrogen and oxygen atoms in total. The molecule has 0 radical (unpaired) electrons. The van der Waals surface area contributed by atoms with Gasteiger partial charge in [-0.15, -0.1) is 11.3 Å². The van der Waals surface area contributed by atoms with Crippen LogP contribution in [0.4, 0.5) is 0 Å². The average molecular weight is 248 g/mol. The molecule has 0 aromatic carbocycles. The van der Waals surface area contributed by atoms with Crippen LogP contribution in [0, 0.1) is 0 Å². The lowest BCUT2D eigenvalue weighted by Crippen LogP contribution is -2.05. The number of hydrogen-bond donors (Lipinski definition) is 0. The Morgan fingerprint density at radius 3 is 3.00 bits per heavy atom. The van der Waals surface area contributed by atoms with Crippen LogP contribution in [0.3, 0.4) is 0 Å². The average Bonchev–Trinajstić information content (AvgIpc) is 2.84. The maximum Gasteiger partial charge on any atom is 0.194 e. The van der Waals surface area contributed by atoms with Crippen LogP contribution < -0.4 is 0 Å². The number of aromatic nitrogens is 2. The first kappa shape index (κ1) is 11.0. The minimum Gasteiger partial charge on any atom is -0.296 e. The summed E-state index contributed by atoms with van der Waals surface area (Å²) in [7, 11) is 0. The van der Waals surface area contributed by atoms with E-state index in [4.69, 9.17) is 0 Å². The van der Waals surface area contributed by atoms with Gasteiger partial charge in [0.1, 0.15) is 5.69 Å².